The molecule has 1 N–H and O–H groups in total. The predicted octanol–water partition coefficient (Wildman–Crippen LogP) is 5.85. The Morgan fingerprint density at radius 3 is 2.29 bits per heavy atom. The van der Waals surface area contributed by atoms with Crippen LogP contribution in [0.2, 0.25) is 0 Å². The summed E-state index contributed by atoms with van der Waals surface area (Å²) in [7, 11) is -3.70. The van der Waals surface area contributed by atoms with Crippen LogP contribution < -0.4 is 14.4 Å². The highest BCUT2D eigenvalue weighted by atomic mass is 79.9. The Kier molecular flexibility index (Phi) is 6.43. The predicted molar refractivity (Wildman–Crippen MR) is 139 cm³/mol. The maximum absolute atomic E-state index is 12.9. The van der Waals surface area contributed by atoms with E-state index in [9.17, 15) is 8.42 Å². The lowest BCUT2D eigenvalue weighted by molar-refractivity contribution is 0.171. The van der Waals surface area contributed by atoms with Crippen LogP contribution >= 0.6 is 15.9 Å². The van der Waals surface area contributed by atoms with E-state index in [2.05, 4.69) is 30.5 Å². The molecule has 8 heteroatoms. The summed E-state index contributed by atoms with van der Waals surface area (Å²) in [6.07, 6.45) is 5.61. The molecule has 0 aliphatic carbocycles. The molecule has 0 atom stereocenters. The molecule has 1 aliphatic rings. The van der Waals surface area contributed by atoms with Crippen molar-refractivity contribution in [2.24, 2.45) is 0 Å². The number of hydrogen-bond donors (Lipinski definition) is 1. The van der Waals surface area contributed by atoms with E-state index >= 15 is 0 Å². The number of nitrogens with zero attached hydrogens (tertiary/aromatic N) is 2. The number of aromatic nitrogens is 1. The fourth-order valence-corrected chi connectivity index (χ4v) is 5.63. The van der Waals surface area contributed by atoms with Gasteiger partial charge in [0.15, 0.2) is 0 Å². The van der Waals surface area contributed by atoms with Crippen molar-refractivity contribution in [1.29, 1.82) is 0 Å². The first-order valence-electron chi connectivity index (χ1n) is 11.1. The van der Waals surface area contributed by atoms with E-state index in [1.54, 1.807) is 24.3 Å². The van der Waals surface area contributed by atoms with E-state index in [0.717, 1.165) is 46.9 Å². The van der Waals surface area contributed by atoms with E-state index in [4.69, 9.17) is 4.74 Å². The van der Waals surface area contributed by atoms with Gasteiger partial charge in [0.05, 0.1) is 4.90 Å². The number of pyridine rings is 1. The van der Waals surface area contributed by atoms with Gasteiger partial charge in [-0.15, -0.1) is 0 Å². The third kappa shape index (κ3) is 5.18. The molecule has 34 heavy (non-hydrogen) atoms. The van der Waals surface area contributed by atoms with E-state index in [1.165, 1.54) is 5.69 Å². The van der Waals surface area contributed by atoms with Gasteiger partial charge < -0.3 is 9.64 Å². The van der Waals surface area contributed by atoms with Crippen molar-refractivity contribution < 1.29 is 13.2 Å². The summed E-state index contributed by atoms with van der Waals surface area (Å²) in [5.41, 5.74) is 1.68. The number of benzene rings is 3. The molecule has 0 amide bonds. The molecule has 0 bridgehead atoms. The first kappa shape index (κ1) is 22.7. The average molecular weight is 538 g/mol. The Bertz CT molecular complexity index is 1390. The lowest BCUT2D eigenvalue weighted by Crippen LogP contribution is -2.38. The van der Waals surface area contributed by atoms with Crippen molar-refractivity contribution in [2.45, 2.75) is 23.8 Å². The fraction of sp³-hybridized carbons (Fsp3) is 0.192. The average Bonchev–Trinajstić information content (AvgIpc) is 2.86. The van der Waals surface area contributed by atoms with Crippen molar-refractivity contribution in [1.82, 2.24) is 4.98 Å². The van der Waals surface area contributed by atoms with Crippen LogP contribution in [0.4, 0.5) is 11.4 Å². The van der Waals surface area contributed by atoms with Crippen LogP contribution in [0.25, 0.3) is 10.8 Å². The largest absolute Gasteiger partial charge is 0.490 e. The minimum Gasteiger partial charge on any atom is -0.490 e. The molecule has 3 aromatic carbocycles. The van der Waals surface area contributed by atoms with Gasteiger partial charge >= 0.3 is 0 Å². The third-order valence-corrected chi connectivity index (χ3v) is 7.84. The van der Waals surface area contributed by atoms with Gasteiger partial charge in [0, 0.05) is 54.2 Å². The zero-order valence-electron chi connectivity index (χ0n) is 18.4. The highest BCUT2D eigenvalue weighted by Crippen LogP contribution is 2.26. The summed E-state index contributed by atoms with van der Waals surface area (Å²) in [5.74, 6) is 0.738. The normalized spacial score (nSPS) is 14.8. The standard InChI is InChI=1S/C26H24BrN3O3S/c27-21-3-1-20-18-26(8-2-19(20)17-21)34(31,32)29-22-4-6-24(7-5-22)33-25-11-15-30(16-12-25)23-9-13-28-14-10-23/h1-10,13-14,17-18,25,29H,11-12,15-16H2. The zero-order chi connectivity index (χ0) is 23.5. The molecule has 0 spiro atoms. The van der Waals surface area contributed by atoms with Crippen molar-refractivity contribution in [3.63, 3.8) is 0 Å². The molecule has 2 heterocycles. The van der Waals surface area contributed by atoms with Gasteiger partial charge in [-0.05, 0) is 71.4 Å². The second-order valence-electron chi connectivity index (χ2n) is 8.29. The number of nitrogens with one attached hydrogen (secondary N) is 1. The van der Waals surface area contributed by atoms with Crippen molar-refractivity contribution in [2.75, 3.05) is 22.7 Å². The fourth-order valence-electron chi connectivity index (χ4n) is 4.16. The summed E-state index contributed by atoms with van der Waals surface area (Å²) in [5, 5.41) is 1.84. The van der Waals surface area contributed by atoms with Gasteiger partial charge in [0.25, 0.3) is 10.0 Å². The molecule has 4 aromatic rings. The molecule has 5 rings (SSSR count). The number of halogens is 1. The first-order chi connectivity index (χ1) is 16.5. The van der Waals surface area contributed by atoms with Crippen molar-refractivity contribution in [3.8, 4) is 5.75 Å². The summed E-state index contributed by atoms with van der Waals surface area (Å²) >= 11 is 3.44. The van der Waals surface area contributed by atoms with E-state index in [1.807, 2.05) is 60.9 Å². The first-order valence-corrected chi connectivity index (χ1v) is 13.4. The molecule has 1 aromatic heterocycles. The van der Waals surface area contributed by atoms with Crippen LogP contribution in [-0.2, 0) is 10.0 Å². The molecule has 0 unspecified atom stereocenters. The van der Waals surface area contributed by atoms with Gasteiger partial charge in [-0.3, -0.25) is 9.71 Å². The summed E-state index contributed by atoms with van der Waals surface area (Å²) in [4.78, 5) is 6.64. The van der Waals surface area contributed by atoms with E-state index in [-0.39, 0.29) is 11.0 Å². The number of ether oxygens (including phenoxy) is 1. The molecule has 174 valence electrons. The highest BCUT2D eigenvalue weighted by Gasteiger charge is 2.21. The van der Waals surface area contributed by atoms with Crippen LogP contribution in [0.15, 0.2) is 94.6 Å². The number of hydrogen-bond acceptors (Lipinski definition) is 5. The number of rotatable bonds is 6. The molecule has 1 fully saturated rings. The number of fused-ring (bicyclic) bond motifs is 1. The number of anilines is 2. The Morgan fingerprint density at radius 1 is 0.882 bits per heavy atom. The minimum absolute atomic E-state index is 0.137. The van der Waals surface area contributed by atoms with Crippen LogP contribution in [-0.4, -0.2) is 32.6 Å². The monoisotopic (exact) mass is 537 g/mol. The van der Waals surface area contributed by atoms with Crippen molar-refractivity contribution >= 4 is 48.1 Å². The second-order valence-corrected chi connectivity index (χ2v) is 10.9. The molecule has 6 nitrogen and oxygen atoms in total. The minimum atomic E-state index is -3.70. The third-order valence-electron chi connectivity index (χ3n) is 5.96. The molecule has 0 saturated carbocycles. The maximum atomic E-state index is 12.9. The van der Waals surface area contributed by atoms with Crippen LogP contribution in [0.1, 0.15) is 12.8 Å². The quantitative estimate of drug-likeness (QED) is 0.334. The van der Waals surface area contributed by atoms with E-state index in [0.29, 0.717) is 5.69 Å². The number of sulfonamides is 1. The van der Waals surface area contributed by atoms with Crippen LogP contribution in [0.5, 0.6) is 5.75 Å². The molecule has 1 aliphatic heterocycles. The summed E-state index contributed by atoms with van der Waals surface area (Å²) < 4.78 is 35.6. The van der Waals surface area contributed by atoms with Gasteiger partial charge in [-0.2, -0.15) is 0 Å². The van der Waals surface area contributed by atoms with Crippen molar-refractivity contribution in [3.05, 3.63) is 89.7 Å². The second kappa shape index (κ2) is 9.64. The van der Waals surface area contributed by atoms with E-state index < -0.39 is 10.0 Å². The smallest absolute Gasteiger partial charge is 0.261 e. The topological polar surface area (TPSA) is 71.5 Å². The Balaban J connectivity index is 1.20. The number of piperidine rings is 1. The van der Waals surface area contributed by atoms with Gasteiger partial charge in [-0.1, -0.05) is 28.1 Å². The molecule has 0 radical (unpaired) electrons. The van der Waals surface area contributed by atoms with Crippen LogP contribution in [0, 0.1) is 0 Å². The zero-order valence-corrected chi connectivity index (χ0v) is 20.8. The Morgan fingerprint density at radius 2 is 1.56 bits per heavy atom. The lowest BCUT2D eigenvalue weighted by Gasteiger charge is -2.33. The highest BCUT2D eigenvalue weighted by molar-refractivity contribution is 9.10. The Labute approximate surface area is 207 Å². The molecule has 1 saturated heterocycles. The van der Waals surface area contributed by atoms with Gasteiger partial charge in [-0.25, -0.2) is 8.42 Å². The molecular weight excluding hydrogens is 514 g/mol. The Hall–Kier alpha value is -3.10. The van der Waals surface area contributed by atoms with Gasteiger partial charge in [0.1, 0.15) is 11.9 Å². The SMILES string of the molecule is O=S(=O)(Nc1ccc(OC2CCN(c3ccncc3)CC2)cc1)c1ccc2cc(Br)ccc2c1. The summed E-state index contributed by atoms with van der Waals surface area (Å²) in [6, 6.07) is 22.0. The lowest BCUT2D eigenvalue weighted by atomic mass is 10.1. The summed E-state index contributed by atoms with van der Waals surface area (Å²) in [6.45, 7) is 1.85. The molecular formula is C26H24BrN3O3S. The van der Waals surface area contributed by atoms with Gasteiger partial charge in [0.2, 0.25) is 0 Å². The van der Waals surface area contributed by atoms with Crippen LogP contribution in [0.3, 0.4) is 0 Å². The maximum Gasteiger partial charge on any atom is 0.261 e.